The summed E-state index contributed by atoms with van der Waals surface area (Å²) < 4.78 is 16.6. The van der Waals surface area contributed by atoms with E-state index in [2.05, 4.69) is 28.7 Å². The maximum absolute atomic E-state index is 5.60. The van der Waals surface area contributed by atoms with Crippen molar-refractivity contribution in [1.29, 1.82) is 0 Å². The van der Waals surface area contributed by atoms with E-state index >= 15 is 0 Å². The molecule has 0 unspecified atom stereocenters. The molecule has 2 N–H and O–H groups in total. The minimum atomic E-state index is -0.0717. The Hall–Kier alpha value is -1.66. The van der Waals surface area contributed by atoms with Crippen LogP contribution < -0.4 is 20.1 Å². The van der Waals surface area contributed by atoms with Crippen LogP contribution in [0.3, 0.4) is 0 Å². The second-order valence-corrected chi connectivity index (χ2v) is 6.21. The van der Waals surface area contributed by atoms with Crippen molar-refractivity contribution in [2.75, 3.05) is 39.6 Å². The summed E-state index contributed by atoms with van der Waals surface area (Å²) in [5.41, 5.74) is 1.15. The van der Waals surface area contributed by atoms with Gasteiger partial charge >= 0.3 is 0 Å². The molecule has 0 atom stereocenters. The SMILES string of the molecule is C#CCNC(=NCC1(c2ccc3c(c2)OCO3)CCOCC1)NCC.I. The molecule has 7 heteroatoms. The molecule has 0 spiro atoms. The van der Waals surface area contributed by atoms with Crippen molar-refractivity contribution in [3.05, 3.63) is 23.8 Å². The number of hydrogen-bond acceptors (Lipinski definition) is 4. The fourth-order valence-electron chi connectivity index (χ4n) is 3.23. The van der Waals surface area contributed by atoms with Crippen LogP contribution in [0.15, 0.2) is 23.2 Å². The topological polar surface area (TPSA) is 64.1 Å². The molecule has 1 aromatic rings. The van der Waals surface area contributed by atoms with E-state index in [9.17, 15) is 0 Å². The minimum Gasteiger partial charge on any atom is -0.454 e. The molecule has 0 aliphatic carbocycles. The van der Waals surface area contributed by atoms with Crippen molar-refractivity contribution in [2.24, 2.45) is 4.99 Å². The van der Waals surface area contributed by atoms with Crippen molar-refractivity contribution in [3.63, 3.8) is 0 Å². The number of benzene rings is 1. The van der Waals surface area contributed by atoms with Crippen LogP contribution in [0.5, 0.6) is 11.5 Å². The first kappa shape index (κ1) is 20.6. The zero-order chi connectivity index (χ0) is 17.5. The zero-order valence-corrected chi connectivity index (χ0v) is 17.4. The Labute approximate surface area is 172 Å². The van der Waals surface area contributed by atoms with Gasteiger partial charge in [-0.05, 0) is 37.5 Å². The first-order valence-electron chi connectivity index (χ1n) is 8.71. The standard InChI is InChI=1S/C19H25N3O3.HI/c1-3-9-21-18(20-4-2)22-13-19(7-10-23-11-8-19)15-5-6-16-17(12-15)25-14-24-16;/h1,5-6,12H,4,7-11,13-14H2,2H3,(H2,20,21,22);1H. The minimum absolute atomic E-state index is 0. The molecule has 0 saturated carbocycles. The Morgan fingerprint density at radius 3 is 2.73 bits per heavy atom. The van der Waals surface area contributed by atoms with Crippen LogP contribution in [0.25, 0.3) is 0 Å². The van der Waals surface area contributed by atoms with Gasteiger partial charge < -0.3 is 24.8 Å². The summed E-state index contributed by atoms with van der Waals surface area (Å²) in [6, 6.07) is 6.20. The molecule has 0 amide bonds. The van der Waals surface area contributed by atoms with Gasteiger partial charge in [0.25, 0.3) is 0 Å². The molecule has 0 aromatic heterocycles. The molecule has 3 rings (SSSR count). The summed E-state index contributed by atoms with van der Waals surface area (Å²) in [4.78, 5) is 4.79. The molecular formula is C19H26IN3O3. The van der Waals surface area contributed by atoms with Gasteiger partial charge in [-0.2, -0.15) is 0 Å². The molecular weight excluding hydrogens is 445 g/mol. The van der Waals surface area contributed by atoms with Gasteiger partial charge in [-0.25, -0.2) is 0 Å². The van der Waals surface area contributed by atoms with Crippen molar-refractivity contribution in [3.8, 4) is 23.8 Å². The number of nitrogens with one attached hydrogen (secondary N) is 2. The van der Waals surface area contributed by atoms with E-state index in [0.29, 0.717) is 13.1 Å². The smallest absolute Gasteiger partial charge is 0.231 e. The Morgan fingerprint density at radius 2 is 2.00 bits per heavy atom. The Morgan fingerprint density at radius 1 is 1.23 bits per heavy atom. The highest BCUT2D eigenvalue weighted by molar-refractivity contribution is 14.0. The van der Waals surface area contributed by atoms with Crippen LogP contribution in [-0.2, 0) is 10.2 Å². The van der Waals surface area contributed by atoms with Crippen LogP contribution >= 0.6 is 24.0 Å². The molecule has 0 bridgehead atoms. The summed E-state index contributed by atoms with van der Waals surface area (Å²) in [6.45, 7) is 5.69. The Balaban J connectivity index is 0.00000243. The zero-order valence-electron chi connectivity index (χ0n) is 15.0. The van der Waals surface area contributed by atoms with E-state index in [1.807, 2.05) is 13.0 Å². The molecule has 6 nitrogen and oxygen atoms in total. The van der Waals surface area contributed by atoms with E-state index in [-0.39, 0.29) is 36.2 Å². The fraction of sp³-hybridized carbons (Fsp3) is 0.526. The number of fused-ring (bicyclic) bond motifs is 1. The fourth-order valence-corrected chi connectivity index (χ4v) is 3.23. The number of hydrogen-bond donors (Lipinski definition) is 2. The van der Waals surface area contributed by atoms with E-state index in [1.165, 1.54) is 5.56 Å². The molecule has 1 saturated heterocycles. The van der Waals surface area contributed by atoms with Gasteiger partial charge in [-0.3, -0.25) is 4.99 Å². The molecule has 2 heterocycles. The molecule has 142 valence electrons. The Kier molecular flexibility index (Phi) is 7.85. The van der Waals surface area contributed by atoms with Gasteiger partial charge in [-0.1, -0.05) is 12.0 Å². The van der Waals surface area contributed by atoms with Crippen LogP contribution in [0.1, 0.15) is 25.3 Å². The van der Waals surface area contributed by atoms with E-state index in [1.54, 1.807) is 0 Å². The molecule has 26 heavy (non-hydrogen) atoms. The number of guanidine groups is 1. The molecule has 0 radical (unpaired) electrons. The lowest BCUT2D eigenvalue weighted by atomic mass is 9.74. The van der Waals surface area contributed by atoms with Crippen molar-refractivity contribution in [1.82, 2.24) is 10.6 Å². The van der Waals surface area contributed by atoms with Gasteiger partial charge in [-0.15, -0.1) is 30.4 Å². The number of halogens is 1. The lowest BCUT2D eigenvalue weighted by molar-refractivity contribution is 0.0530. The Bertz CT molecular complexity index is 666. The molecule has 2 aliphatic rings. The van der Waals surface area contributed by atoms with Gasteiger partial charge in [0.1, 0.15) is 0 Å². The maximum Gasteiger partial charge on any atom is 0.231 e. The van der Waals surface area contributed by atoms with Crippen LogP contribution in [0.2, 0.25) is 0 Å². The van der Waals surface area contributed by atoms with Gasteiger partial charge in [0.15, 0.2) is 17.5 Å². The largest absolute Gasteiger partial charge is 0.454 e. The third kappa shape index (κ3) is 4.74. The van der Waals surface area contributed by atoms with Crippen LogP contribution in [0.4, 0.5) is 0 Å². The quantitative estimate of drug-likeness (QED) is 0.299. The first-order valence-corrected chi connectivity index (χ1v) is 8.71. The normalized spacial score (nSPS) is 17.8. The van der Waals surface area contributed by atoms with Gasteiger partial charge in [0.2, 0.25) is 6.79 Å². The summed E-state index contributed by atoms with van der Waals surface area (Å²) in [5.74, 6) is 4.94. The maximum atomic E-state index is 5.60. The monoisotopic (exact) mass is 471 g/mol. The summed E-state index contributed by atoms with van der Waals surface area (Å²) in [6.07, 6.45) is 7.19. The number of nitrogens with zero attached hydrogens (tertiary/aromatic N) is 1. The van der Waals surface area contributed by atoms with Gasteiger partial charge in [0.05, 0.1) is 13.1 Å². The predicted octanol–water partition coefficient (Wildman–Crippen LogP) is 2.27. The highest BCUT2D eigenvalue weighted by Gasteiger charge is 2.35. The highest BCUT2D eigenvalue weighted by Crippen LogP contribution is 2.41. The lowest BCUT2D eigenvalue weighted by Crippen LogP contribution is -2.41. The van der Waals surface area contributed by atoms with E-state index < -0.39 is 0 Å². The van der Waals surface area contributed by atoms with Crippen LogP contribution in [-0.4, -0.2) is 45.6 Å². The number of ether oxygens (including phenoxy) is 3. The van der Waals surface area contributed by atoms with Crippen molar-refractivity contribution in [2.45, 2.75) is 25.2 Å². The predicted molar refractivity (Wildman–Crippen MR) is 113 cm³/mol. The number of rotatable bonds is 5. The molecule has 2 aliphatic heterocycles. The number of terminal acetylenes is 1. The third-order valence-corrected chi connectivity index (χ3v) is 4.68. The van der Waals surface area contributed by atoms with E-state index in [0.717, 1.165) is 50.1 Å². The van der Waals surface area contributed by atoms with Crippen LogP contribution in [0, 0.1) is 12.3 Å². The van der Waals surface area contributed by atoms with Gasteiger partial charge in [0, 0.05) is 25.2 Å². The molecule has 1 aromatic carbocycles. The lowest BCUT2D eigenvalue weighted by Gasteiger charge is -2.36. The average molecular weight is 471 g/mol. The summed E-state index contributed by atoms with van der Waals surface area (Å²) in [5, 5.41) is 6.38. The van der Waals surface area contributed by atoms with Crippen molar-refractivity contribution >= 4 is 29.9 Å². The number of aliphatic imine (C=N–C) groups is 1. The highest BCUT2D eigenvalue weighted by atomic mass is 127. The first-order chi connectivity index (χ1) is 12.3. The average Bonchev–Trinajstić information content (AvgIpc) is 3.12. The second-order valence-electron chi connectivity index (χ2n) is 6.21. The van der Waals surface area contributed by atoms with Crippen molar-refractivity contribution < 1.29 is 14.2 Å². The summed E-state index contributed by atoms with van der Waals surface area (Å²) in [7, 11) is 0. The molecule has 1 fully saturated rings. The van der Waals surface area contributed by atoms with E-state index in [4.69, 9.17) is 25.6 Å². The third-order valence-electron chi connectivity index (χ3n) is 4.68. The second kappa shape index (κ2) is 9.88. The summed E-state index contributed by atoms with van der Waals surface area (Å²) >= 11 is 0.